The second-order valence-corrected chi connectivity index (χ2v) is 4.59. The zero-order chi connectivity index (χ0) is 20.0. The standard InChI is InChI=1S/C9H8F13NO/c10-4(11,1-3(24)2-23)5(12,13)6(14,15)7(16,17)8(18,19)9(20,21)22/h3,24H,1-2,23H2. The molecule has 0 aliphatic carbocycles. The van der Waals surface area contributed by atoms with Crippen LogP contribution in [-0.4, -0.2) is 53.5 Å². The van der Waals surface area contributed by atoms with Gasteiger partial charge in [0.25, 0.3) is 0 Å². The molecule has 0 aliphatic heterocycles. The summed E-state index contributed by atoms with van der Waals surface area (Å²) in [5, 5.41) is 8.62. The molecule has 0 aliphatic rings. The maximum Gasteiger partial charge on any atom is 0.460 e. The third-order valence-electron chi connectivity index (χ3n) is 2.76. The van der Waals surface area contributed by atoms with Crippen molar-refractivity contribution < 1.29 is 62.2 Å². The molecule has 0 fully saturated rings. The predicted octanol–water partition coefficient (Wildman–Crippen LogP) is 3.43. The number of halogens is 13. The Morgan fingerprint density at radius 2 is 0.958 bits per heavy atom. The summed E-state index contributed by atoms with van der Waals surface area (Å²) in [6.07, 6.45) is -12.8. The molecule has 24 heavy (non-hydrogen) atoms. The Morgan fingerprint density at radius 1 is 0.625 bits per heavy atom. The first-order valence-electron chi connectivity index (χ1n) is 5.54. The van der Waals surface area contributed by atoms with Crippen LogP contribution in [0.1, 0.15) is 6.42 Å². The third-order valence-corrected chi connectivity index (χ3v) is 2.76. The molecule has 0 rings (SSSR count). The van der Waals surface area contributed by atoms with Gasteiger partial charge in [-0.15, -0.1) is 0 Å². The number of rotatable bonds is 7. The lowest BCUT2D eigenvalue weighted by molar-refractivity contribution is -0.440. The molecular weight excluding hydrogens is 385 g/mol. The van der Waals surface area contributed by atoms with E-state index in [1.807, 2.05) is 0 Å². The van der Waals surface area contributed by atoms with E-state index >= 15 is 0 Å². The molecular formula is C9H8F13NO. The molecule has 0 amide bonds. The minimum Gasteiger partial charge on any atom is -0.392 e. The fourth-order valence-corrected chi connectivity index (χ4v) is 1.31. The van der Waals surface area contributed by atoms with Gasteiger partial charge < -0.3 is 10.8 Å². The highest BCUT2D eigenvalue weighted by molar-refractivity contribution is 5.10. The van der Waals surface area contributed by atoms with E-state index in [2.05, 4.69) is 5.73 Å². The molecule has 0 aromatic rings. The highest BCUT2D eigenvalue weighted by Crippen LogP contribution is 2.60. The Hall–Kier alpha value is -0.990. The molecule has 0 radical (unpaired) electrons. The first kappa shape index (κ1) is 23.0. The van der Waals surface area contributed by atoms with E-state index in [0.29, 0.717) is 0 Å². The maximum atomic E-state index is 13.1. The predicted molar refractivity (Wildman–Crippen MR) is 50.5 cm³/mol. The molecule has 1 unspecified atom stereocenters. The van der Waals surface area contributed by atoms with E-state index in [0.717, 1.165) is 0 Å². The molecule has 0 saturated heterocycles. The summed E-state index contributed by atoms with van der Waals surface area (Å²) in [5.41, 5.74) is 4.51. The molecule has 146 valence electrons. The molecule has 0 saturated carbocycles. The van der Waals surface area contributed by atoms with Gasteiger partial charge in [0.1, 0.15) is 0 Å². The van der Waals surface area contributed by atoms with Crippen molar-refractivity contribution in [2.45, 2.75) is 48.3 Å². The van der Waals surface area contributed by atoms with Gasteiger partial charge in [0.05, 0.1) is 6.10 Å². The lowest BCUT2D eigenvalue weighted by Gasteiger charge is -2.40. The van der Waals surface area contributed by atoms with E-state index in [1.54, 1.807) is 0 Å². The van der Waals surface area contributed by atoms with E-state index < -0.39 is 54.9 Å². The van der Waals surface area contributed by atoms with Crippen molar-refractivity contribution in [2.75, 3.05) is 6.54 Å². The maximum absolute atomic E-state index is 13.1. The van der Waals surface area contributed by atoms with Gasteiger partial charge in [-0.2, -0.15) is 57.1 Å². The Labute approximate surface area is 124 Å². The van der Waals surface area contributed by atoms with Gasteiger partial charge in [-0.3, -0.25) is 0 Å². The van der Waals surface area contributed by atoms with Gasteiger partial charge in [0.15, 0.2) is 0 Å². The monoisotopic (exact) mass is 393 g/mol. The number of aliphatic hydroxyl groups excluding tert-OH is 1. The van der Waals surface area contributed by atoms with Crippen LogP contribution in [0, 0.1) is 0 Å². The molecule has 0 heterocycles. The summed E-state index contributed by atoms with van der Waals surface area (Å²) in [6, 6.07) is 0. The van der Waals surface area contributed by atoms with Crippen LogP contribution >= 0.6 is 0 Å². The van der Waals surface area contributed by atoms with Gasteiger partial charge in [0.2, 0.25) is 0 Å². The Balaban J connectivity index is 6.11. The topological polar surface area (TPSA) is 46.2 Å². The van der Waals surface area contributed by atoms with Gasteiger partial charge in [-0.25, -0.2) is 0 Å². The Kier molecular flexibility index (Phi) is 5.82. The van der Waals surface area contributed by atoms with Crippen molar-refractivity contribution >= 4 is 0 Å². The number of hydrogen-bond acceptors (Lipinski definition) is 2. The van der Waals surface area contributed by atoms with Crippen LogP contribution in [0.25, 0.3) is 0 Å². The fourth-order valence-electron chi connectivity index (χ4n) is 1.31. The zero-order valence-electron chi connectivity index (χ0n) is 10.9. The fraction of sp³-hybridized carbons (Fsp3) is 1.00. The van der Waals surface area contributed by atoms with Crippen LogP contribution in [-0.2, 0) is 0 Å². The summed E-state index contributed by atoms with van der Waals surface area (Å²) in [5.74, 6) is -37.2. The van der Waals surface area contributed by atoms with Gasteiger partial charge in [-0.05, 0) is 0 Å². The minimum absolute atomic E-state index is 1.24. The summed E-state index contributed by atoms with van der Waals surface area (Å²) >= 11 is 0. The molecule has 2 nitrogen and oxygen atoms in total. The lowest BCUT2D eigenvalue weighted by atomic mass is 9.91. The molecule has 0 bridgehead atoms. The van der Waals surface area contributed by atoms with Crippen LogP contribution in [0.15, 0.2) is 0 Å². The Bertz CT molecular complexity index is 443. The van der Waals surface area contributed by atoms with Crippen LogP contribution in [0.2, 0.25) is 0 Å². The first-order valence-corrected chi connectivity index (χ1v) is 5.54. The van der Waals surface area contributed by atoms with Gasteiger partial charge in [0, 0.05) is 13.0 Å². The Morgan fingerprint density at radius 3 is 1.25 bits per heavy atom. The van der Waals surface area contributed by atoms with Crippen molar-refractivity contribution in [3.63, 3.8) is 0 Å². The molecule has 0 spiro atoms. The van der Waals surface area contributed by atoms with Crippen molar-refractivity contribution in [2.24, 2.45) is 5.73 Å². The minimum atomic E-state index is -7.93. The van der Waals surface area contributed by atoms with Gasteiger partial charge in [-0.1, -0.05) is 0 Å². The summed E-state index contributed by atoms with van der Waals surface area (Å²) in [4.78, 5) is 0. The van der Waals surface area contributed by atoms with E-state index in [4.69, 9.17) is 5.11 Å². The molecule has 0 aromatic heterocycles. The highest BCUT2D eigenvalue weighted by Gasteiger charge is 2.90. The van der Waals surface area contributed by atoms with Crippen molar-refractivity contribution in [1.82, 2.24) is 0 Å². The number of alkyl halides is 13. The average Bonchev–Trinajstić information content (AvgIpc) is 2.35. The number of nitrogens with two attached hydrogens (primary N) is 1. The van der Waals surface area contributed by atoms with Crippen LogP contribution in [0.4, 0.5) is 57.1 Å². The highest BCUT2D eigenvalue weighted by atomic mass is 19.4. The molecule has 3 N–H and O–H groups in total. The lowest BCUT2D eigenvalue weighted by Crippen LogP contribution is -2.70. The zero-order valence-corrected chi connectivity index (χ0v) is 10.9. The second-order valence-electron chi connectivity index (χ2n) is 4.59. The number of aliphatic hydroxyl groups is 1. The smallest absolute Gasteiger partial charge is 0.392 e. The quantitative estimate of drug-likeness (QED) is 0.652. The first-order chi connectivity index (χ1) is 10.2. The molecule has 1 atom stereocenters. The molecule has 0 aromatic carbocycles. The van der Waals surface area contributed by atoms with E-state index in [-0.39, 0.29) is 0 Å². The second kappa shape index (κ2) is 6.07. The number of hydrogen-bond donors (Lipinski definition) is 2. The summed E-state index contributed by atoms with van der Waals surface area (Å²) in [7, 11) is 0. The van der Waals surface area contributed by atoms with Crippen LogP contribution in [0.3, 0.4) is 0 Å². The summed E-state index contributed by atoms with van der Waals surface area (Å²) < 4.78 is 164. The third kappa shape index (κ3) is 3.23. The largest absolute Gasteiger partial charge is 0.460 e. The van der Waals surface area contributed by atoms with Gasteiger partial charge >= 0.3 is 35.8 Å². The SMILES string of the molecule is NCC(O)CC(F)(F)C(F)(F)C(F)(F)C(F)(F)C(F)(F)C(F)(F)F. The normalized spacial score (nSPS) is 17.1. The van der Waals surface area contributed by atoms with E-state index in [9.17, 15) is 57.1 Å². The van der Waals surface area contributed by atoms with Crippen molar-refractivity contribution in [1.29, 1.82) is 0 Å². The van der Waals surface area contributed by atoms with Crippen molar-refractivity contribution in [3.8, 4) is 0 Å². The van der Waals surface area contributed by atoms with Crippen molar-refractivity contribution in [3.05, 3.63) is 0 Å². The summed E-state index contributed by atoms with van der Waals surface area (Å²) in [6.45, 7) is -1.24. The van der Waals surface area contributed by atoms with Crippen LogP contribution < -0.4 is 5.73 Å². The average molecular weight is 393 g/mol. The van der Waals surface area contributed by atoms with Crippen LogP contribution in [0.5, 0.6) is 0 Å². The van der Waals surface area contributed by atoms with E-state index in [1.165, 1.54) is 0 Å². The molecule has 15 heteroatoms.